The van der Waals surface area contributed by atoms with E-state index in [1.165, 1.54) is 0 Å². The fraction of sp³-hybridized carbons (Fsp3) is 0. The van der Waals surface area contributed by atoms with Crippen LogP contribution in [-0.4, -0.2) is 25.9 Å². The van der Waals surface area contributed by atoms with Crippen molar-refractivity contribution in [3.63, 3.8) is 0 Å². The van der Waals surface area contributed by atoms with Crippen LogP contribution >= 0.6 is 0 Å². The summed E-state index contributed by atoms with van der Waals surface area (Å²) in [4.78, 5) is 51.1. The summed E-state index contributed by atoms with van der Waals surface area (Å²) in [5.74, 6) is 0. The first-order valence-corrected chi connectivity index (χ1v) is 5.98. The summed E-state index contributed by atoms with van der Waals surface area (Å²) in [6.45, 7) is 0. The molecule has 0 heterocycles. The van der Waals surface area contributed by atoms with E-state index in [-0.39, 0.29) is 25.9 Å². The normalized spacial score (nSPS) is 11.9. The van der Waals surface area contributed by atoms with Crippen LogP contribution in [0.4, 0.5) is 0 Å². The van der Waals surface area contributed by atoms with Gasteiger partial charge in [0.2, 0.25) is 0 Å². The molecule has 0 aromatic rings. The van der Waals surface area contributed by atoms with Crippen LogP contribution in [0.25, 0.3) is 0 Å². The van der Waals surface area contributed by atoms with Crippen molar-refractivity contribution in [2.24, 2.45) is 0 Å². The van der Waals surface area contributed by atoms with Crippen LogP contribution < -0.4 is 0 Å². The fourth-order valence-electron chi connectivity index (χ4n) is 0.196. The van der Waals surface area contributed by atoms with Gasteiger partial charge in [-0.25, -0.2) is 0 Å². The zero-order valence-corrected chi connectivity index (χ0v) is 8.25. The summed E-state index contributed by atoms with van der Waals surface area (Å²) in [7, 11) is 0. The summed E-state index contributed by atoms with van der Waals surface area (Å²) in [5, 5.41) is -0.750. The van der Waals surface area contributed by atoms with Gasteiger partial charge in [-0.1, -0.05) is 0 Å². The Kier molecular flexibility index (Phi) is 6.52. The van der Waals surface area contributed by atoms with Crippen LogP contribution in [0.5, 0.6) is 0 Å². The zero-order valence-electron chi connectivity index (χ0n) is 6.04. The van der Waals surface area contributed by atoms with Gasteiger partial charge in [-0.15, -0.1) is 0 Å². The first-order valence-electron chi connectivity index (χ1n) is 2.34. The maximum absolute atomic E-state index is 10.2. The van der Waals surface area contributed by atoms with Crippen LogP contribution in [0, 0.1) is 0 Å². The van der Waals surface area contributed by atoms with E-state index < -0.39 is 11.8 Å². The molecular weight excluding hydrogens is 268 g/mol. The Bertz CT molecular complexity index is 185. The molecule has 0 bridgehead atoms. The molecular formula is C5H5Fe2O6. The van der Waals surface area contributed by atoms with Gasteiger partial charge in [0.15, 0.2) is 0 Å². The summed E-state index contributed by atoms with van der Waals surface area (Å²) < 4.78 is 8.00. The molecule has 0 aromatic heterocycles. The second-order valence-electron chi connectivity index (χ2n) is 1.60. The number of hydrogen-bond donors (Lipinski definition) is 0. The van der Waals surface area contributed by atoms with Crippen molar-refractivity contribution in [1.29, 1.82) is 0 Å². The molecule has 0 aliphatic rings. The van der Waals surface area contributed by atoms with E-state index >= 15 is 0 Å². The predicted molar refractivity (Wildman–Crippen MR) is 34.4 cm³/mol. The number of rotatable bonds is 5. The Morgan fingerprint density at radius 2 is 0.769 bits per heavy atom. The minimum absolute atomic E-state index is 0.150. The first kappa shape index (κ1) is 14.7. The average Bonchev–Trinajstić information content (AvgIpc) is 2.27. The molecule has 0 aliphatic carbocycles. The van der Waals surface area contributed by atoms with Gasteiger partial charge in [-0.3, -0.25) is 0 Å². The van der Waals surface area contributed by atoms with E-state index in [1.807, 2.05) is 15.9 Å². The molecule has 0 saturated heterocycles. The molecule has 0 fully saturated rings. The van der Waals surface area contributed by atoms with Gasteiger partial charge in [0.1, 0.15) is 0 Å². The van der Waals surface area contributed by atoms with E-state index in [0.29, 0.717) is 0 Å². The van der Waals surface area contributed by atoms with Crippen LogP contribution in [0.2, 0.25) is 0 Å². The third-order valence-corrected chi connectivity index (χ3v) is 3.97. The molecule has 0 unspecified atom stereocenters. The van der Waals surface area contributed by atoms with E-state index in [9.17, 15) is 24.0 Å². The molecule has 13 heavy (non-hydrogen) atoms. The molecule has 0 radical (unpaired) electrons. The van der Waals surface area contributed by atoms with Crippen LogP contribution in [0.15, 0.2) is 0 Å². The molecule has 0 spiro atoms. The molecule has 0 aromatic carbocycles. The molecule has 8 heteroatoms. The molecule has 77 valence electrons. The summed E-state index contributed by atoms with van der Waals surface area (Å²) in [6, 6.07) is 0. The van der Waals surface area contributed by atoms with Gasteiger partial charge in [0.25, 0.3) is 0 Å². The van der Waals surface area contributed by atoms with E-state index in [4.69, 9.17) is 3.83 Å². The van der Waals surface area contributed by atoms with Crippen LogP contribution in [0.1, 0.15) is 0 Å². The SMILES string of the molecule is O=[CH][Fe]([CH]=O)([CH]=O)([CH]=O)[CH]=O.[O]=[Fe]. The second kappa shape index (κ2) is 5.77. The third kappa shape index (κ3) is 2.57. The Morgan fingerprint density at radius 1 is 0.615 bits per heavy atom. The second-order valence-corrected chi connectivity index (χ2v) is 6.58. The van der Waals surface area contributed by atoms with Crippen molar-refractivity contribution in [3.05, 3.63) is 0 Å². The zero-order chi connectivity index (χ0) is 11.0. The van der Waals surface area contributed by atoms with Crippen molar-refractivity contribution in [1.82, 2.24) is 0 Å². The van der Waals surface area contributed by atoms with Gasteiger partial charge in [-0.05, 0) is 0 Å². The van der Waals surface area contributed by atoms with Crippen molar-refractivity contribution < 1.29 is 55.5 Å². The Balaban J connectivity index is 0. The molecule has 6 nitrogen and oxygen atoms in total. The first-order chi connectivity index (χ1) is 6.12. The van der Waals surface area contributed by atoms with Gasteiger partial charge < -0.3 is 0 Å². The Hall–Kier alpha value is -0.811. The molecule has 0 rings (SSSR count). The van der Waals surface area contributed by atoms with Crippen molar-refractivity contribution in [3.8, 4) is 0 Å². The summed E-state index contributed by atoms with van der Waals surface area (Å²) in [6.07, 6.45) is 0. The van der Waals surface area contributed by atoms with Gasteiger partial charge in [0, 0.05) is 0 Å². The van der Waals surface area contributed by atoms with Crippen LogP contribution in [-0.2, 0) is 55.5 Å². The summed E-state index contributed by atoms with van der Waals surface area (Å²) in [5.41, 5.74) is 0. The molecule has 0 amide bonds. The standard InChI is InChI=1S/5CHO.2Fe.O/c5*1-2;;;/h5*1H;;;. The fourth-order valence-corrected chi connectivity index (χ4v) is 0.810. The van der Waals surface area contributed by atoms with Crippen molar-refractivity contribution in [2.45, 2.75) is 0 Å². The van der Waals surface area contributed by atoms with E-state index in [1.54, 1.807) is 0 Å². The molecule has 0 aliphatic heterocycles. The van der Waals surface area contributed by atoms with Gasteiger partial charge >= 0.3 is 81.5 Å². The Labute approximate surface area is 81.6 Å². The van der Waals surface area contributed by atoms with Gasteiger partial charge in [0.05, 0.1) is 0 Å². The summed E-state index contributed by atoms with van der Waals surface area (Å²) >= 11 is -2.71. The topological polar surface area (TPSA) is 102 Å². The number of hydrogen-bond acceptors (Lipinski definition) is 6. The third-order valence-electron chi connectivity index (χ3n) is 0.962. The molecule has 0 saturated carbocycles. The van der Waals surface area contributed by atoms with E-state index in [2.05, 4.69) is 0 Å². The van der Waals surface area contributed by atoms with E-state index in [0.717, 1.165) is 0 Å². The monoisotopic (exact) mass is 273 g/mol. The van der Waals surface area contributed by atoms with Gasteiger partial charge in [-0.2, -0.15) is 0 Å². The van der Waals surface area contributed by atoms with Crippen molar-refractivity contribution >= 4 is 25.9 Å². The Morgan fingerprint density at radius 3 is 0.769 bits per heavy atom. The quantitative estimate of drug-likeness (QED) is 0.446. The number of carbonyl (C=O) groups excluding carboxylic acids is 5. The predicted octanol–water partition coefficient (Wildman–Crippen LogP) is -1.49. The van der Waals surface area contributed by atoms with Crippen molar-refractivity contribution in [2.75, 3.05) is 0 Å². The molecule has 0 atom stereocenters. The van der Waals surface area contributed by atoms with Crippen LogP contribution in [0.3, 0.4) is 0 Å². The maximum atomic E-state index is 10.2. The molecule has 0 N–H and O–H groups in total. The number of carbonyl (C=O) groups is 5. The minimum atomic E-state index is -4.71. The average molecular weight is 273 g/mol.